The van der Waals surface area contributed by atoms with Crippen molar-refractivity contribution in [3.63, 3.8) is 0 Å². The summed E-state index contributed by atoms with van der Waals surface area (Å²) in [6.07, 6.45) is 3.75. The fourth-order valence-corrected chi connectivity index (χ4v) is 4.56. The van der Waals surface area contributed by atoms with E-state index in [0.717, 1.165) is 45.4 Å². The molecule has 0 unspecified atom stereocenters. The number of ether oxygens (including phenoxy) is 6. The predicted molar refractivity (Wildman–Crippen MR) is 165 cm³/mol. The van der Waals surface area contributed by atoms with Crippen molar-refractivity contribution < 1.29 is 28.4 Å². The van der Waals surface area contributed by atoms with Gasteiger partial charge in [0.15, 0.2) is 0 Å². The monoisotopic (exact) mass is 585 g/mol. The molecule has 9 nitrogen and oxygen atoms in total. The fraction of sp³-hybridized carbons (Fsp3) is 0.353. The molecule has 0 radical (unpaired) electrons. The van der Waals surface area contributed by atoms with Crippen LogP contribution in [0.4, 0.5) is 11.4 Å². The van der Waals surface area contributed by atoms with E-state index in [1.807, 2.05) is 73.9 Å². The van der Waals surface area contributed by atoms with Crippen molar-refractivity contribution in [1.82, 2.24) is 9.97 Å². The summed E-state index contributed by atoms with van der Waals surface area (Å²) in [5.41, 5.74) is 5.63. The molecule has 2 aromatic carbocycles. The van der Waals surface area contributed by atoms with Crippen LogP contribution in [0.5, 0.6) is 11.5 Å². The standard InChI is InChI=1S/C34H39N3O6/c1-27-10-12-29(35-24-27)30-13-11-28(25-36-30)26-37-31-6-2-4-8-33(31)42-22-20-40-18-16-38-14-15-39-17-19-41-21-23-43-34-9-5-3-7-32(34)37/h2-13,24-25H,14-23,26H2,1H3. The summed E-state index contributed by atoms with van der Waals surface area (Å²) in [5.74, 6) is 1.49. The number of anilines is 2. The second kappa shape index (κ2) is 16.6. The molecule has 43 heavy (non-hydrogen) atoms. The molecule has 0 saturated heterocycles. The summed E-state index contributed by atoms with van der Waals surface area (Å²) < 4.78 is 35.1. The molecule has 0 saturated carbocycles. The highest BCUT2D eigenvalue weighted by Gasteiger charge is 2.19. The zero-order chi connectivity index (χ0) is 29.5. The van der Waals surface area contributed by atoms with Gasteiger partial charge in [-0.05, 0) is 54.4 Å². The number of rotatable bonds is 3. The van der Waals surface area contributed by atoms with Gasteiger partial charge in [0.05, 0.1) is 75.6 Å². The van der Waals surface area contributed by atoms with Crippen LogP contribution in [0.2, 0.25) is 0 Å². The number of nitrogens with zero attached hydrogens (tertiary/aromatic N) is 3. The van der Waals surface area contributed by atoms with E-state index in [4.69, 9.17) is 33.4 Å². The molecular weight excluding hydrogens is 546 g/mol. The average Bonchev–Trinajstić information content (AvgIpc) is 3.04. The van der Waals surface area contributed by atoms with Gasteiger partial charge in [-0.25, -0.2) is 0 Å². The van der Waals surface area contributed by atoms with Crippen LogP contribution in [0.3, 0.4) is 0 Å². The van der Waals surface area contributed by atoms with Crippen molar-refractivity contribution in [2.75, 3.05) is 71.0 Å². The van der Waals surface area contributed by atoms with Crippen LogP contribution in [-0.4, -0.2) is 76.0 Å². The molecule has 3 heterocycles. The number of aryl methyl sites for hydroxylation is 1. The summed E-state index contributed by atoms with van der Waals surface area (Å²) in [6, 6.07) is 24.1. The summed E-state index contributed by atoms with van der Waals surface area (Å²) in [4.78, 5) is 11.4. The van der Waals surface area contributed by atoms with Crippen LogP contribution in [-0.2, 0) is 25.5 Å². The SMILES string of the molecule is Cc1ccc(-c2ccc(CN3c4ccccc4OCCOCCOCCOCCOCCOc4ccccc43)cn2)nc1. The number of hydrogen-bond donors (Lipinski definition) is 0. The highest BCUT2D eigenvalue weighted by Crippen LogP contribution is 2.39. The minimum Gasteiger partial charge on any atom is -0.489 e. The minimum atomic E-state index is 0.406. The van der Waals surface area contributed by atoms with Crippen molar-refractivity contribution in [3.8, 4) is 22.9 Å². The number of aromatic nitrogens is 2. The molecule has 2 aromatic heterocycles. The molecule has 1 aliphatic rings. The van der Waals surface area contributed by atoms with Crippen molar-refractivity contribution in [1.29, 1.82) is 0 Å². The molecule has 0 bridgehead atoms. The molecule has 4 aromatic rings. The van der Waals surface area contributed by atoms with Crippen molar-refractivity contribution in [2.24, 2.45) is 0 Å². The third-order valence-corrected chi connectivity index (χ3v) is 6.74. The second-order valence-corrected chi connectivity index (χ2v) is 9.94. The molecule has 0 aliphatic carbocycles. The topological polar surface area (TPSA) is 84.4 Å². The highest BCUT2D eigenvalue weighted by molar-refractivity contribution is 5.73. The van der Waals surface area contributed by atoms with Gasteiger partial charge in [-0.1, -0.05) is 36.4 Å². The molecule has 0 fully saturated rings. The van der Waals surface area contributed by atoms with Gasteiger partial charge in [0.25, 0.3) is 0 Å². The first-order valence-electron chi connectivity index (χ1n) is 14.7. The largest absolute Gasteiger partial charge is 0.489 e. The first-order chi connectivity index (χ1) is 21.3. The maximum Gasteiger partial charge on any atom is 0.143 e. The maximum absolute atomic E-state index is 6.24. The van der Waals surface area contributed by atoms with Crippen LogP contribution < -0.4 is 14.4 Å². The number of pyridine rings is 2. The van der Waals surface area contributed by atoms with E-state index in [0.29, 0.717) is 72.6 Å². The first-order valence-corrected chi connectivity index (χ1v) is 14.7. The van der Waals surface area contributed by atoms with Gasteiger partial charge < -0.3 is 33.3 Å². The molecular formula is C34H39N3O6. The van der Waals surface area contributed by atoms with Gasteiger partial charge in [0, 0.05) is 18.9 Å². The van der Waals surface area contributed by atoms with Gasteiger partial charge in [0.2, 0.25) is 0 Å². The third kappa shape index (κ3) is 9.23. The van der Waals surface area contributed by atoms with Gasteiger partial charge in [-0.3, -0.25) is 9.97 Å². The Labute approximate surface area is 253 Å². The number of benzene rings is 2. The molecule has 0 amide bonds. The second-order valence-electron chi connectivity index (χ2n) is 9.94. The maximum atomic E-state index is 6.24. The molecule has 1 aliphatic heterocycles. The molecule has 0 N–H and O–H groups in total. The number of fused-ring (bicyclic) bond motifs is 2. The lowest BCUT2D eigenvalue weighted by Gasteiger charge is -2.29. The average molecular weight is 586 g/mol. The fourth-order valence-electron chi connectivity index (χ4n) is 4.56. The molecule has 5 rings (SSSR count). The Bertz CT molecular complexity index is 1320. The zero-order valence-corrected chi connectivity index (χ0v) is 24.7. The Morgan fingerprint density at radius 2 is 1.00 bits per heavy atom. The molecule has 0 spiro atoms. The van der Waals surface area contributed by atoms with Crippen LogP contribution in [0, 0.1) is 6.92 Å². The van der Waals surface area contributed by atoms with Crippen LogP contribution in [0.1, 0.15) is 11.1 Å². The predicted octanol–water partition coefficient (Wildman–Crippen LogP) is 5.63. The molecule has 0 atom stereocenters. The van der Waals surface area contributed by atoms with E-state index in [9.17, 15) is 0 Å². The first kappa shape index (κ1) is 30.4. The van der Waals surface area contributed by atoms with E-state index in [-0.39, 0.29) is 0 Å². The Balaban J connectivity index is 1.41. The molecule has 9 heteroatoms. The zero-order valence-electron chi connectivity index (χ0n) is 24.7. The van der Waals surface area contributed by atoms with Crippen LogP contribution in [0.15, 0.2) is 85.2 Å². The van der Waals surface area contributed by atoms with E-state index >= 15 is 0 Å². The lowest BCUT2D eigenvalue weighted by atomic mass is 10.1. The van der Waals surface area contributed by atoms with E-state index in [2.05, 4.69) is 28.1 Å². The lowest BCUT2D eigenvalue weighted by molar-refractivity contribution is -0.00692. The Morgan fingerprint density at radius 3 is 1.47 bits per heavy atom. The van der Waals surface area contributed by atoms with Crippen molar-refractivity contribution in [3.05, 3.63) is 96.3 Å². The van der Waals surface area contributed by atoms with Gasteiger partial charge in [0.1, 0.15) is 24.7 Å². The Morgan fingerprint density at radius 1 is 0.535 bits per heavy atom. The van der Waals surface area contributed by atoms with Crippen LogP contribution in [0.25, 0.3) is 11.4 Å². The van der Waals surface area contributed by atoms with E-state index < -0.39 is 0 Å². The summed E-state index contributed by atoms with van der Waals surface area (Å²) in [7, 11) is 0. The Kier molecular flexibility index (Phi) is 11.7. The quantitative estimate of drug-likeness (QED) is 0.304. The third-order valence-electron chi connectivity index (χ3n) is 6.74. The Hall–Kier alpha value is -4.02. The summed E-state index contributed by atoms with van der Waals surface area (Å²) in [5, 5.41) is 0. The van der Waals surface area contributed by atoms with Gasteiger partial charge in [-0.2, -0.15) is 0 Å². The number of hydrogen-bond acceptors (Lipinski definition) is 9. The highest BCUT2D eigenvalue weighted by atomic mass is 16.6. The van der Waals surface area contributed by atoms with Crippen molar-refractivity contribution >= 4 is 11.4 Å². The van der Waals surface area contributed by atoms with E-state index in [1.54, 1.807) is 0 Å². The van der Waals surface area contributed by atoms with Crippen molar-refractivity contribution in [2.45, 2.75) is 13.5 Å². The molecule has 226 valence electrons. The van der Waals surface area contributed by atoms with Gasteiger partial charge in [-0.15, -0.1) is 0 Å². The smallest absolute Gasteiger partial charge is 0.143 e. The summed E-state index contributed by atoms with van der Waals surface area (Å²) in [6.45, 7) is 7.30. The number of para-hydroxylation sites is 4. The lowest BCUT2D eigenvalue weighted by Crippen LogP contribution is -2.20. The normalized spacial score (nSPS) is 16.1. The summed E-state index contributed by atoms with van der Waals surface area (Å²) >= 11 is 0. The van der Waals surface area contributed by atoms with E-state index in [1.165, 1.54) is 0 Å². The van der Waals surface area contributed by atoms with Crippen LogP contribution >= 0.6 is 0 Å². The van der Waals surface area contributed by atoms with Gasteiger partial charge >= 0.3 is 0 Å². The minimum absolute atomic E-state index is 0.406.